The molecule has 1 aliphatic heterocycles. The zero-order chi connectivity index (χ0) is 23.9. The van der Waals surface area contributed by atoms with Crippen molar-refractivity contribution in [3.63, 3.8) is 0 Å². The summed E-state index contributed by atoms with van der Waals surface area (Å²) >= 11 is 5.77. The highest BCUT2D eigenvalue weighted by molar-refractivity contribution is 7.89. The van der Waals surface area contributed by atoms with Gasteiger partial charge in [0.15, 0.2) is 12.3 Å². The molecule has 2 bridgehead atoms. The minimum Gasteiger partial charge on any atom is -0.290 e. The Morgan fingerprint density at radius 1 is 1.42 bits per heavy atom. The molecule has 3 aliphatic rings. The van der Waals surface area contributed by atoms with E-state index in [1.807, 2.05) is 0 Å². The van der Waals surface area contributed by atoms with Gasteiger partial charge in [-0.15, -0.1) is 0 Å². The standard InChI is InChI=1S/C22H27ClFN5O3S/c1-3-13-5-4-6-15(7-13)33(31,32)28-18-9-14-8-16(18)20-19(14)22(30)27-11-29(20)21(25)17(24)10-26-12(2)23/h3-7,10-12,14,16-21,28H,1,8-9,25H2,2H3/p+1. The number of fused-ring (bicyclic) bond motifs is 5. The lowest BCUT2D eigenvalue weighted by Crippen LogP contribution is -2.62. The van der Waals surface area contributed by atoms with Crippen LogP contribution in [0.15, 0.2) is 40.7 Å². The predicted molar refractivity (Wildman–Crippen MR) is 125 cm³/mol. The molecule has 11 heteroatoms. The monoisotopic (exact) mass is 496 g/mol. The molecule has 4 N–H and O–H groups in total. The van der Waals surface area contributed by atoms with E-state index in [2.05, 4.69) is 21.6 Å². The van der Waals surface area contributed by atoms with Gasteiger partial charge >= 0.3 is 5.91 Å². The zero-order valence-corrected chi connectivity index (χ0v) is 19.7. The smallest absolute Gasteiger partial charge is 0.290 e. The molecule has 2 saturated carbocycles. The Labute approximate surface area is 197 Å². The molecule has 8 unspecified atom stereocenters. The molecular formula is C22H28ClFN5O3S+. The fourth-order valence-corrected chi connectivity index (χ4v) is 6.79. The lowest BCUT2D eigenvalue weighted by molar-refractivity contribution is -0.615. The molecule has 1 aromatic rings. The fourth-order valence-electron chi connectivity index (χ4n) is 5.37. The van der Waals surface area contributed by atoms with E-state index >= 15 is 0 Å². The quantitative estimate of drug-likeness (QED) is 0.218. The van der Waals surface area contributed by atoms with Gasteiger partial charge in [0.2, 0.25) is 16.4 Å². The number of carbonyl (C=O) groups is 1. The maximum Gasteiger partial charge on any atom is 0.314 e. The SMILES string of the molecule is C=Cc1cccc(S(=O)(=O)NC2CC3CC2C2C3C(=O)NC=[N+]2C(N)C(F)C=NC(C)Cl)c1. The summed E-state index contributed by atoms with van der Waals surface area (Å²) in [6, 6.07) is 5.71. The second-order valence-electron chi connectivity index (χ2n) is 8.81. The van der Waals surface area contributed by atoms with Gasteiger partial charge < -0.3 is 0 Å². The predicted octanol–water partition coefficient (Wildman–Crippen LogP) is 1.45. The number of hydrogen-bond donors (Lipinski definition) is 3. The second kappa shape index (κ2) is 9.25. The van der Waals surface area contributed by atoms with Crippen LogP contribution in [-0.2, 0) is 14.8 Å². The van der Waals surface area contributed by atoms with Crippen LogP contribution in [0.1, 0.15) is 25.3 Å². The summed E-state index contributed by atoms with van der Waals surface area (Å²) < 4.78 is 45.3. The molecule has 1 amide bonds. The first-order valence-corrected chi connectivity index (χ1v) is 12.8. The molecule has 0 spiro atoms. The van der Waals surface area contributed by atoms with Gasteiger partial charge in [0.25, 0.3) is 0 Å². The van der Waals surface area contributed by atoms with E-state index in [4.69, 9.17) is 17.3 Å². The minimum absolute atomic E-state index is 0.0230. The van der Waals surface area contributed by atoms with Crippen LogP contribution < -0.4 is 15.8 Å². The summed E-state index contributed by atoms with van der Waals surface area (Å²) in [7, 11) is -3.79. The van der Waals surface area contributed by atoms with Crippen molar-refractivity contribution in [2.45, 2.75) is 54.6 Å². The average Bonchev–Trinajstić information content (AvgIpc) is 3.36. The van der Waals surface area contributed by atoms with E-state index in [0.717, 1.165) is 6.21 Å². The summed E-state index contributed by atoms with van der Waals surface area (Å²) in [5.41, 5.74) is 6.30. The first-order valence-electron chi connectivity index (χ1n) is 10.9. The normalized spacial score (nSPS) is 31.6. The molecule has 8 nitrogen and oxygen atoms in total. The molecule has 0 aromatic heterocycles. The van der Waals surface area contributed by atoms with Crippen molar-refractivity contribution in [1.82, 2.24) is 10.0 Å². The van der Waals surface area contributed by atoms with Gasteiger partial charge in [-0.2, -0.15) is 0 Å². The number of rotatable bonds is 8. The van der Waals surface area contributed by atoms with Crippen LogP contribution >= 0.6 is 11.6 Å². The van der Waals surface area contributed by atoms with Crippen LogP contribution in [0.2, 0.25) is 0 Å². The van der Waals surface area contributed by atoms with Gasteiger partial charge in [-0.25, -0.2) is 32.2 Å². The number of sulfonamides is 1. The third-order valence-electron chi connectivity index (χ3n) is 6.78. The topological polar surface area (TPSA) is 117 Å². The van der Waals surface area contributed by atoms with Gasteiger partial charge in [0.1, 0.15) is 17.5 Å². The number of hydrogen-bond acceptors (Lipinski definition) is 5. The molecular weight excluding hydrogens is 469 g/mol. The Hall–Kier alpha value is -2.14. The minimum atomic E-state index is -3.79. The molecule has 0 saturated heterocycles. The van der Waals surface area contributed by atoms with Crippen molar-refractivity contribution in [2.75, 3.05) is 0 Å². The summed E-state index contributed by atoms with van der Waals surface area (Å²) in [4.78, 5) is 16.6. The van der Waals surface area contributed by atoms with Crippen LogP contribution in [0.5, 0.6) is 0 Å². The van der Waals surface area contributed by atoms with Crippen molar-refractivity contribution in [3.05, 3.63) is 36.4 Å². The highest BCUT2D eigenvalue weighted by Crippen LogP contribution is 2.51. The van der Waals surface area contributed by atoms with Crippen LogP contribution in [-0.4, -0.2) is 61.4 Å². The Morgan fingerprint density at radius 2 is 2.18 bits per heavy atom. The Morgan fingerprint density at radius 3 is 2.88 bits per heavy atom. The van der Waals surface area contributed by atoms with Crippen molar-refractivity contribution in [3.8, 4) is 0 Å². The van der Waals surface area contributed by atoms with Crippen molar-refractivity contribution < 1.29 is 22.2 Å². The number of carbonyl (C=O) groups excluding carboxylic acids is 1. The van der Waals surface area contributed by atoms with E-state index in [-0.39, 0.29) is 28.6 Å². The van der Waals surface area contributed by atoms with Crippen LogP contribution in [0.25, 0.3) is 6.08 Å². The number of benzene rings is 1. The lowest BCUT2D eigenvalue weighted by atomic mass is 9.80. The largest absolute Gasteiger partial charge is 0.314 e. The van der Waals surface area contributed by atoms with Gasteiger partial charge in [-0.05, 0) is 43.4 Å². The average molecular weight is 497 g/mol. The number of nitrogens with two attached hydrogens (primary N) is 1. The van der Waals surface area contributed by atoms with Gasteiger partial charge in [0.05, 0.1) is 4.90 Å². The number of amides is 1. The number of halogens is 2. The molecule has 0 radical (unpaired) electrons. The third kappa shape index (κ3) is 4.62. The van der Waals surface area contributed by atoms with E-state index < -0.39 is 39.9 Å². The molecule has 2 fully saturated rings. The number of aliphatic imine (C=N–C) groups is 1. The molecule has 2 aliphatic carbocycles. The Bertz CT molecular complexity index is 1110. The molecule has 178 valence electrons. The number of nitrogens with zero attached hydrogens (tertiary/aromatic N) is 2. The first kappa shape index (κ1) is 24.0. The molecule has 4 rings (SSSR count). The Kier molecular flexibility index (Phi) is 6.73. The first-order chi connectivity index (χ1) is 15.6. The Balaban J connectivity index is 1.57. The summed E-state index contributed by atoms with van der Waals surface area (Å²) in [6.07, 6.45) is 2.53. The summed E-state index contributed by atoms with van der Waals surface area (Å²) in [5.74, 6) is -0.742. The third-order valence-corrected chi connectivity index (χ3v) is 8.38. The van der Waals surface area contributed by atoms with E-state index in [9.17, 15) is 17.6 Å². The number of alkyl halides is 2. The van der Waals surface area contributed by atoms with Crippen molar-refractivity contribution in [2.24, 2.45) is 28.5 Å². The molecule has 1 aromatic carbocycles. The van der Waals surface area contributed by atoms with E-state index in [0.29, 0.717) is 18.4 Å². The maximum atomic E-state index is 14.8. The van der Waals surface area contributed by atoms with Gasteiger partial charge in [0, 0.05) is 18.2 Å². The van der Waals surface area contributed by atoms with Crippen LogP contribution in [0.4, 0.5) is 4.39 Å². The maximum absolute atomic E-state index is 14.8. The van der Waals surface area contributed by atoms with Crippen molar-refractivity contribution >= 4 is 46.2 Å². The zero-order valence-electron chi connectivity index (χ0n) is 18.1. The lowest BCUT2D eigenvalue weighted by Gasteiger charge is -2.37. The van der Waals surface area contributed by atoms with Gasteiger partial charge in [-0.3, -0.25) is 10.7 Å². The van der Waals surface area contributed by atoms with Crippen molar-refractivity contribution in [1.29, 1.82) is 0 Å². The number of nitrogens with one attached hydrogen (secondary N) is 2. The van der Waals surface area contributed by atoms with Crippen LogP contribution in [0, 0.1) is 17.8 Å². The highest BCUT2D eigenvalue weighted by Gasteiger charge is 2.62. The highest BCUT2D eigenvalue weighted by atomic mass is 35.5. The van der Waals surface area contributed by atoms with E-state index in [1.54, 1.807) is 35.8 Å². The fraction of sp³-hybridized carbons (Fsp3) is 0.500. The molecule has 1 heterocycles. The van der Waals surface area contributed by atoms with Gasteiger partial charge in [-0.1, -0.05) is 36.4 Å². The van der Waals surface area contributed by atoms with Crippen LogP contribution in [0.3, 0.4) is 0 Å². The summed E-state index contributed by atoms with van der Waals surface area (Å²) in [6.45, 7) is 5.29. The summed E-state index contributed by atoms with van der Waals surface area (Å²) in [5, 5.41) is 2.69. The molecule has 8 atom stereocenters. The van der Waals surface area contributed by atoms with E-state index in [1.165, 1.54) is 12.4 Å². The second-order valence-corrected chi connectivity index (χ2v) is 11.2. The molecule has 33 heavy (non-hydrogen) atoms.